The van der Waals surface area contributed by atoms with Crippen molar-refractivity contribution in [1.29, 1.82) is 0 Å². The minimum Gasteiger partial charge on any atom is -0.477 e. The molecule has 32 heavy (non-hydrogen) atoms. The van der Waals surface area contributed by atoms with Crippen LogP contribution < -0.4 is 11.1 Å². The number of nitrogens with two attached hydrogens (primary N) is 1. The second kappa shape index (κ2) is 8.84. The molecular weight excluding hydrogens is 480 g/mol. The molecule has 2 aromatic heterocycles. The zero-order chi connectivity index (χ0) is 23.0. The van der Waals surface area contributed by atoms with Crippen LogP contribution in [0.3, 0.4) is 0 Å². The Labute approximate surface area is 194 Å². The van der Waals surface area contributed by atoms with Crippen LogP contribution in [0.4, 0.5) is 5.13 Å². The zero-order valence-corrected chi connectivity index (χ0v) is 18.5. The number of nitrogen functional groups attached to an aromatic ring is 1. The number of carboxylic acids is 1. The summed E-state index contributed by atoms with van der Waals surface area (Å²) in [5.41, 5.74) is 5.35. The van der Waals surface area contributed by atoms with Crippen LogP contribution in [0.25, 0.3) is 0 Å². The number of thioether (sulfide) groups is 1. The van der Waals surface area contributed by atoms with Crippen LogP contribution in [0.1, 0.15) is 24.6 Å². The van der Waals surface area contributed by atoms with Crippen molar-refractivity contribution in [2.24, 2.45) is 5.18 Å². The van der Waals surface area contributed by atoms with E-state index in [1.165, 1.54) is 16.7 Å². The largest absolute Gasteiger partial charge is 0.477 e. The Balaban J connectivity index is 1.52. The van der Waals surface area contributed by atoms with Crippen molar-refractivity contribution in [2.45, 2.75) is 35.9 Å². The first-order valence-electron chi connectivity index (χ1n) is 9.23. The van der Waals surface area contributed by atoms with E-state index in [0.29, 0.717) is 17.7 Å². The van der Waals surface area contributed by atoms with Crippen LogP contribution in [0, 0.1) is 4.91 Å². The van der Waals surface area contributed by atoms with Crippen molar-refractivity contribution in [3.05, 3.63) is 50.1 Å². The lowest BCUT2D eigenvalue weighted by Crippen LogP contribution is -2.71. The molecule has 14 heteroatoms. The van der Waals surface area contributed by atoms with Gasteiger partial charge in [0.25, 0.3) is 11.8 Å². The summed E-state index contributed by atoms with van der Waals surface area (Å²) in [5, 5.41) is 15.1. The fourth-order valence-corrected chi connectivity index (χ4v) is 5.65. The first-order chi connectivity index (χ1) is 15.3. The van der Waals surface area contributed by atoms with Crippen LogP contribution in [-0.4, -0.2) is 49.8 Å². The minimum atomic E-state index is -1.58. The highest BCUT2D eigenvalue weighted by molar-refractivity contribution is 8.03. The number of carbonyl (C=O) groups excluding carboxylic acids is 2. The molecular formula is C18H15ClN6O5S2. The van der Waals surface area contributed by atoms with Crippen LogP contribution in [0.15, 0.2) is 45.2 Å². The average molecular weight is 495 g/mol. The van der Waals surface area contributed by atoms with Gasteiger partial charge in [-0.15, -0.1) is 4.91 Å². The molecule has 3 atom stereocenters. The number of rotatable bonds is 7. The molecule has 0 spiro atoms. The van der Waals surface area contributed by atoms with Gasteiger partial charge in [-0.3, -0.25) is 19.5 Å². The quantitative estimate of drug-likeness (QED) is 0.385. The summed E-state index contributed by atoms with van der Waals surface area (Å²) in [6.45, 7) is 0. The number of carbonyl (C=O) groups is 3. The normalized spacial score (nSPS) is 20.9. The van der Waals surface area contributed by atoms with E-state index < -0.39 is 35.9 Å². The van der Waals surface area contributed by atoms with E-state index in [9.17, 15) is 24.4 Å². The maximum atomic E-state index is 12.8. The summed E-state index contributed by atoms with van der Waals surface area (Å²) in [6, 6.07) is 0.375. The molecule has 11 nitrogen and oxygen atoms in total. The van der Waals surface area contributed by atoms with Crippen LogP contribution in [0.2, 0.25) is 4.34 Å². The summed E-state index contributed by atoms with van der Waals surface area (Å²) in [5.74, 6) is -2.67. The number of carboxylic acid groups (broad SMARTS) is 1. The number of nitrogens with one attached hydrogen (secondary N) is 1. The van der Waals surface area contributed by atoms with Crippen molar-refractivity contribution in [3.63, 3.8) is 0 Å². The predicted octanol–water partition coefficient (Wildman–Crippen LogP) is 2.16. The van der Waals surface area contributed by atoms with E-state index in [-0.39, 0.29) is 20.9 Å². The zero-order valence-electron chi connectivity index (χ0n) is 16.1. The average Bonchev–Trinajstić information content (AvgIpc) is 3.10. The third-order valence-electron chi connectivity index (χ3n) is 5.02. The molecule has 1 saturated heterocycles. The molecule has 2 amide bonds. The first-order valence-corrected chi connectivity index (χ1v) is 11.2. The number of nitroso groups, excluding NO2 is 1. The molecule has 4 rings (SSSR count). The molecule has 0 radical (unpaired) electrons. The lowest BCUT2D eigenvalue weighted by atomic mass is 9.86. The fraction of sp³-hybridized carbons (Fsp3) is 0.278. The van der Waals surface area contributed by atoms with Gasteiger partial charge in [0.05, 0.1) is 6.04 Å². The van der Waals surface area contributed by atoms with Crippen LogP contribution >= 0.6 is 34.7 Å². The molecule has 1 fully saturated rings. The Morgan fingerprint density at radius 2 is 2.12 bits per heavy atom. The third-order valence-corrected chi connectivity index (χ3v) is 7.29. The minimum absolute atomic E-state index is 0.0513. The number of β-lactam (4-membered cyclic amide) rings is 1. The smallest absolute Gasteiger partial charge is 0.353 e. The predicted molar refractivity (Wildman–Crippen MR) is 117 cm³/mol. The molecule has 166 valence electrons. The Morgan fingerprint density at radius 3 is 2.72 bits per heavy atom. The monoisotopic (exact) mass is 494 g/mol. The number of hydrogen-bond donors (Lipinski definition) is 3. The van der Waals surface area contributed by atoms with Gasteiger partial charge in [-0.25, -0.2) is 9.78 Å². The molecule has 0 aliphatic carbocycles. The van der Waals surface area contributed by atoms with Gasteiger partial charge in [0, 0.05) is 22.2 Å². The molecule has 4 heterocycles. The van der Waals surface area contributed by atoms with Crippen molar-refractivity contribution in [1.82, 2.24) is 20.2 Å². The maximum absolute atomic E-state index is 12.8. The number of nitrogens with zero attached hydrogens (tertiary/aromatic N) is 4. The SMILES string of the molecule is Nc1nc(C(N=O)C(=O)N[C@@H]2C(=O)N3C(C(=O)O)=C(Sc4ccncc4)CC[C@H]23)c(Cl)s1. The highest BCUT2D eigenvalue weighted by atomic mass is 35.5. The number of aliphatic carboxylic acids is 1. The number of pyridine rings is 1. The molecule has 0 saturated carbocycles. The number of hydrogen-bond acceptors (Lipinski definition) is 10. The lowest BCUT2D eigenvalue weighted by molar-refractivity contribution is -0.156. The number of amides is 2. The van der Waals surface area contributed by atoms with E-state index in [1.54, 1.807) is 24.5 Å². The van der Waals surface area contributed by atoms with E-state index in [0.717, 1.165) is 16.2 Å². The van der Waals surface area contributed by atoms with Gasteiger partial charge >= 0.3 is 5.97 Å². The van der Waals surface area contributed by atoms with Gasteiger partial charge in [-0.05, 0) is 30.2 Å². The van der Waals surface area contributed by atoms with Crippen LogP contribution in [0.5, 0.6) is 0 Å². The first kappa shape index (κ1) is 22.2. The summed E-state index contributed by atoms with van der Waals surface area (Å²) in [7, 11) is 0. The Bertz CT molecular complexity index is 1140. The fourth-order valence-electron chi connectivity index (χ4n) is 3.63. The molecule has 0 bridgehead atoms. The van der Waals surface area contributed by atoms with Gasteiger partial charge in [-0.1, -0.05) is 34.7 Å². The van der Waals surface area contributed by atoms with E-state index in [2.05, 4.69) is 20.5 Å². The summed E-state index contributed by atoms with van der Waals surface area (Å²) in [4.78, 5) is 59.0. The number of halogens is 1. The number of fused-ring (bicyclic) bond motifs is 1. The number of aromatic nitrogens is 2. The Hall–Kier alpha value is -3.03. The summed E-state index contributed by atoms with van der Waals surface area (Å²) in [6.07, 6.45) is 4.02. The number of allylic oxidation sites excluding steroid dienone is 1. The van der Waals surface area contributed by atoms with Crippen LogP contribution in [-0.2, 0) is 14.4 Å². The highest BCUT2D eigenvalue weighted by Gasteiger charge is 2.54. The number of anilines is 1. The van der Waals surface area contributed by atoms with Crippen molar-refractivity contribution < 1.29 is 19.5 Å². The molecule has 2 aromatic rings. The molecule has 1 unspecified atom stereocenters. The van der Waals surface area contributed by atoms with E-state index in [4.69, 9.17) is 17.3 Å². The van der Waals surface area contributed by atoms with Gasteiger partial charge < -0.3 is 16.2 Å². The Kier molecular flexibility index (Phi) is 6.13. The second-order valence-corrected chi connectivity index (χ2v) is 9.68. The number of thiazole rings is 1. The van der Waals surface area contributed by atoms with Crippen molar-refractivity contribution in [2.75, 3.05) is 5.73 Å². The summed E-state index contributed by atoms with van der Waals surface area (Å²) < 4.78 is 0.0513. The molecule has 0 aromatic carbocycles. The summed E-state index contributed by atoms with van der Waals surface area (Å²) >= 11 is 8.11. The Morgan fingerprint density at radius 1 is 1.41 bits per heavy atom. The molecule has 2 aliphatic heterocycles. The van der Waals surface area contributed by atoms with Gasteiger partial charge in [0.1, 0.15) is 21.8 Å². The molecule has 4 N–H and O–H groups in total. The topological polar surface area (TPSA) is 168 Å². The second-order valence-electron chi connectivity index (χ2n) is 6.88. The van der Waals surface area contributed by atoms with E-state index >= 15 is 0 Å². The lowest BCUT2D eigenvalue weighted by Gasteiger charge is -2.50. The van der Waals surface area contributed by atoms with Crippen molar-refractivity contribution >= 4 is 57.6 Å². The molecule has 2 aliphatic rings. The standard InChI is InChI=1S/C18H15ClN6O5S2/c19-14-11(23-18(20)32-14)12(24-30)15(26)22-10-8-1-2-9(31-7-3-5-21-6-4-7)13(17(28)29)25(8)16(10)27/h3-6,8,10,12H,1-2H2,(H2,20,23)(H,22,26)(H,28,29)/t8-,10+,12?/m1/s1. The maximum Gasteiger partial charge on any atom is 0.353 e. The van der Waals surface area contributed by atoms with E-state index in [1.807, 2.05) is 0 Å². The third kappa shape index (κ3) is 3.94. The van der Waals surface area contributed by atoms with Crippen molar-refractivity contribution in [3.8, 4) is 0 Å². The van der Waals surface area contributed by atoms with Gasteiger partial charge in [0.15, 0.2) is 5.13 Å². The van der Waals surface area contributed by atoms with Gasteiger partial charge in [0.2, 0.25) is 6.04 Å². The highest BCUT2D eigenvalue weighted by Crippen LogP contribution is 2.43. The van der Waals surface area contributed by atoms with Gasteiger partial charge in [-0.2, -0.15) is 0 Å².